The van der Waals surface area contributed by atoms with Crippen LogP contribution in [-0.2, 0) is 0 Å². The SMILES string of the molecule is [2H]c1c([2H])c(N(c2cccc(-c3ccc4ccccc4c3)c2)c2cccc(-c3cccc4oc5c6ccccc6ccc5c34)c2)c([2H])c([2H])c1-c1ccccc1. The second-order valence-corrected chi connectivity index (χ2v) is 13.0. The van der Waals surface area contributed by atoms with Crippen molar-refractivity contribution < 1.29 is 9.90 Å². The van der Waals surface area contributed by atoms with Gasteiger partial charge in [-0.1, -0.05) is 146 Å². The number of anilines is 3. The fourth-order valence-corrected chi connectivity index (χ4v) is 7.37. The topological polar surface area (TPSA) is 16.4 Å². The molecule has 10 rings (SSSR count). The molecule has 244 valence electrons. The predicted molar refractivity (Wildman–Crippen MR) is 220 cm³/mol. The molecule has 0 bridgehead atoms. The molecular formula is C50H33NO. The Bertz CT molecular complexity index is 3120. The van der Waals surface area contributed by atoms with Crippen molar-refractivity contribution in [3.05, 3.63) is 200 Å². The normalized spacial score (nSPS) is 12.5. The first-order valence-corrected chi connectivity index (χ1v) is 17.4. The van der Waals surface area contributed by atoms with Gasteiger partial charge in [0.2, 0.25) is 0 Å². The van der Waals surface area contributed by atoms with E-state index in [4.69, 9.17) is 4.42 Å². The minimum Gasteiger partial charge on any atom is -0.455 e. The highest BCUT2D eigenvalue weighted by molar-refractivity contribution is 6.19. The molecule has 0 atom stereocenters. The third-order valence-corrected chi connectivity index (χ3v) is 9.89. The Labute approximate surface area is 308 Å². The molecule has 0 amide bonds. The Kier molecular flexibility index (Phi) is 6.22. The van der Waals surface area contributed by atoms with E-state index in [1.165, 1.54) is 0 Å². The van der Waals surface area contributed by atoms with E-state index in [0.29, 0.717) is 16.9 Å². The minimum absolute atomic E-state index is 0.0964. The summed E-state index contributed by atoms with van der Waals surface area (Å²) in [6.45, 7) is 0. The van der Waals surface area contributed by atoms with Gasteiger partial charge in [-0.05, 0) is 104 Å². The third kappa shape index (κ3) is 5.21. The predicted octanol–water partition coefficient (Wildman–Crippen LogP) is 14.4. The van der Waals surface area contributed by atoms with E-state index < -0.39 is 0 Å². The molecule has 0 aliphatic rings. The van der Waals surface area contributed by atoms with E-state index in [9.17, 15) is 5.48 Å². The van der Waals surface area contributed by atoms with E-state index in [1.54, 1.807) is 0 Å². The van der Waals surface area contributed by atoms with Gasteiger partial charge in [0.1, 0.15) is 11.2 Å². The summed E-state index contributed by atoms with van der Waals surface area (Å²) in [5, 5.41) is 6.48. The number of rotatable bonds is 6. The largest absolute Gasteiger partial charge is 0.455 e. The summed E-state index contributed by atoms with van der Waals surface area (Å²) in [6.07, 6.45) is 0. The summed E-state index contributed by atoms with van der Waals surface area (Å²) in [5.41, 5.74) is 8.03. The van der Waals surface area contributed by atoms with Crippen LogP contribution in [0.4, 0.5) is 17.1 Å². The maximum absolute atomic E-state index is 9.48. The van der Waals surface area contributed by atoms with Gasteiger partial charge in [0, 0.05) is 33.2 Å². The van der Waals surface area contributed by atoms with Crippen LogP contribution in [0.5, 0.6) is 0 Å². The first-order valence-electron chi connectivity index (χ1n) is 19.4. The lowest BCUT2D eigenvalue weighted by Gasteiger charge is -2.27. The average molecular weight is 668 g/mol. The zero-order chi connectivity index (χ0) is 37.9. The van der Waals surface area contributed by atoms with Gasteiger partial charge in [0.15, 0.2) is 0 Å². The van der Waals surface area contributed by atoms with E-state index in [0.717, 1.165) is 65.7 Å². The molecule has 0 saturated heterocycles. The number of hydrogen-bond donors (Lipinski definition) is 0. The van der Waals surface area contributed by atoms with Gasteiger partial charge >= 0.3 is 0 Å². The molecular weight excluding hydrogens is 631 g/mol. The van der Waals surface area contributed by atoms with E-state index in [-0.39, 0.29) is 35.4 Å². The van der Waals surface area contributed by atoms with Gasteiger partial charge in [0.05, 0.1) is 5.48 Å². The van der Waals surface area contributed by atoms with E-state index in [1.807, 2.05) is 95.9 Å². The van der Waals surface area contributed by atoms with E-state index >= 15 is 0 Å². The smallest absolute Gasteiger partial charge is 0.143 e. The number of hydrogen-bond acceptors (Lipinski definition) is 2. The Balaban J connectivity index is 1.19. The number of fused-ring (bicyclic) bond motifs is 6. The lowest BCUT2D eigenvalue weighted by Crippen LogP contribution is -2.10. The van der Waals surface area contributed by atoms with Crippen LogP contribution in [0.15, 0.2) is 205 Å². The zero-order valence-corrected chi connectivity index (χ0v) is 28.1. The fraction of sp³-hybridized carbons (Fsp3) is 0. The first kappa shape index (κ1) is 26.0. The third-order valence-electron chi connectivity index (χ3n) is 9.89. The Morgan fingerprint density at radius 3 is 1.85 bits per heavy atom. The lowest BCUT2D eigenvalue weighted by molar-refractivity contribution is 0.673. The molecule has 0 aliphatic heterocycles. The summed E-state index contributed by atoms with van der Waals surface area (Å²) in [7, 11) is 0. The molecule has 2 heteroatoms. The molecule has 0 saturated carbocycles. The highest BCUT2D eigenvalue weighted by atomic mass is 16.3. The molecule has 52 heavy (non-hydrogen) atoms. The molecule has 9 aromatic carbocycles. The molecule has 0 radical (unpaired) electrons. The van der Waals surface area contributed by atoms with Crippen LogP contribution in [0.2, 0.25) is 0 Å². The highest BCUT2D eigenvalue weighted by Gasteiger charge is 2.18. The van der Waals surface area contributed by atoms with E-state index in [2.05, 4.69) is 84.9 Å². The molecule has 0 spiro atoms. The molecule has 0 aliphatic carbocycles. The van der Waals surface area contributed by atoms with Crippen molar-refractivity contribution in [2.24, 2.45) is 0 Å². The average Bonchev–Trinajstić information content (AvgIpc) is 3.64. The lowest BCUT2D eigenvalue weighted by atomic mass is 9.97. The summed E-state index contributed by atoms with van der Waals surface area (Å²) >= 11 is 0. The van der Waals surface area contributed by atoms with Gasteiger partial charge in [-0.25, -0.2) is 0 Å². The van der Waals surface area contributed by atoms with Crippen molar-refractivity contribution >= 4 is 60.5 Å². The van der Waals surface area contributed by atoms with Crippen LogP contribution < -0.4 is 4.90 Å². The maximum atomic E-state index is 9.48. The molecule has 0 unspecified atom stereocenters. The standard InChI is InChI=1S/C50H33NO/c1-2-11-34(12-3-1)36-25-28-42(29-26-36)51(43-18-8-16-39(32-43)40-24-23-35-13-4-5-15-38(35)31-40)44-19-9-17-41(33-44)45-21-10-22-48-49(45)47-30-27-37-14-6-7-20-46(37)50(47)52-48/h1-33H/i25D,26D,28D,29D. The second-order valence-electron chi connectivity index (χ2n) is 13.0. The molecule has 2 nitrogen and oxygen atoms in total. The van der Waals surface area contributed by atoms with Crippen LogP contribution in [0.25, 0.3) is 76.9 Å². The van der Waals surface area contributed by atoms with Crippen molar-refractivity contribution in [3.8, 4) is 33.4 Å². The monoisotopic (exact) mass is 667 g/mol. The van der Waals surface area contributed by atoms with Crippen LogP contribution in [0.1, 0.15) is 5.48 Å². The van der Waals surface area contributed by atoms with Crippen molar-refractivity contribution in [1.29, 1.82) is 0 Å². The van der Waals surface area contributed by atoms with Gasteiger partial charge < -0.3 is 9.32 Å². The summed E-state index contributed by atoms with van der Waals surface area (Å²) in [6, 6.07) is 58.2. The van der Waals surface area contributed by atoms with Crippen LogP contribution in [-0.4, -0.2) is 0 Å². The number of benzene rings is 9. The van der Waals surface area contributed by atoms with Crippen LogP contribution in [0.3, 0.4) is 0 Å². The first-order chi connectivity index (χ1) is 27.4. The van der Waals surface area contributed by atoms with Crippen molar-refractivity contribution in [1.82, 2.24) is 0 Å². The van der Waals surface area contributed by atoms with Crippen LogP contribution >= 0.6 is 0 Å². The molecule has 0 fully saturated rings. The minimum atomic E-state index is -0.124. The zero-order valence-electron chi connectivity index (χ0n) is 32.1. The van der Waals surface area contributed by atoms with Gasteiger partial charge in [-0.15, -0.1) is 0 Å². The molecule has 0 N–H and O–H groups in total. The quantitative estimate of drug-likeness (QED) is 0.175. The Morgan fingerprint density at radius 1 is 0.385 bits per heavy atom. The Hall–Kier alpha value is -6.90. The number of nitrogens with zero attached hydrogens (tertiary/aromatic N) is 1. The highest BCUT2D eigenvalue weighted by Crippen LogP contribution is 2.43. The maximum Gasteiger partial charge on any atom is 0.143 e. The summed E-state index contributed by atoms with van der Waals surface area (Å²) in [5.74, 6) is 0. The van der Waals surface area contributed by atoms with Gasteiger partial charge in [-0.3, -0.25) is 0 Å². The molecule has 10 aromatic rings. The summed E-state index contributed by atoms with van der Waals surface area (Å²) < 4.78 is 44.0. The number of furan rings is 1. The van der Waals surface area contributed by atoms with Crippen LogP contribution in [0, 0.1) is 0 Å². The van der Waals surface area contributed by atoms with Gasteiger partial charge in [0.25, 0.3) is 0 Å². The fourth-order valence-electron chi connectivity index (χ4n) is 7.37. The van der Waals surface area contributed by atoms with Gasteiger partial charge in [-0.2, -0.15) is 0 Å². The van der Waals surface area contributed by atoms with Crippen molar-refractivity contribution in [2.45, 2.75) is 0 Å². The Morgan fingerprint density at radius 2 is 1.02 bits per heavy atom. The van der Waals surface area contributed by atoms with Crippen molar-refractivity contribution in [2.75, 3.05) is 4.90 Å². The molecule has 1 heterocycles. The molecule has 1 aromatic heterocycles. The summed E-state index contributed by atoms with van der Waals surface area (Å²) in [4.78, 5) is 1.87. The van der Waals surface area contributed by atoms with Crippen molar-refractivity contribution in [3.63, 3.8) is 0 Å². The second kappa shape index (κ2) is 12.5.